The number of aryl methyl sites for hydroxylation is 2. The normalized spacial score (nSPS) is 11.2. The quantitative estimate of drug-likeness (QED) is 0.867. The zero-order valence-corrected chi connectivity index (χ0v) is 12.6. The van der Waals surface area contributed by atoms with Crippen LogP contribution in [0.15, 0.2) is 6.20 Å². The van der Waals surface area contributed by atoms with E-state index < -0.39 is 0 Å². The first-order valence-corrected chi connectivity index (χ1v) is 7.03. The second kappa shape index (κ2) is 6.25. The molecular formula is C13H18N4O2S. The van der Waals surface area contributed by atoms with Crippen LogP contribution >= 0.6 is 11.5 Å². The summed E-state index contributed by atoms with van der Waals surface area (Å²) in [5.74, 6) is 0.155. The molecule has 0 atom stereocenters. The second-order valence-electron chi connectivity index (χ2n) is 4.81. The summed E-state index contributed by atoms with van der Waals surface area (Å²) in [7, 11) is 1.95. The van der Waals surface area contributed by atoms with Crippen LogP contribution in [0.5, 0.6) is 5.75 Å². The monoisotopic (exact) mass is 294 g/mol. The van der Waals surface area contributed by atoms with Crippen molar-refractivity contribution in [3.05, 3.63) is 33.6 Å². The Morgan fingerprint density at radius 3 is 2.60 bits per heavy atom. The van der Waals surface area contributed by atoms with Gasteiger partial charge in [0.05, 0.1) is 22.9 Å². The molecule has 7 heteroatoms. The first kappa shape index (κ1) is 14.8. The molecule has 20 heavy (non-hydrogen) atoms. The molecule has 0 saturated carbocycles. The maximum absolute atomic E-state index is 10.1. The Hall–Kier alpha value is -1.57. The Morgan fingerprint density at radius 1 is 1.25 bits per heavy atom. The van der Waals surface area contributed by atoms with Crippen molar-refractivity contribution < 1.29 is 10.2 Å². The van der Waals surface area contributed by atoms with E-state index in [1.165, 1.54) is 11.5 Å². The number of hydrogen-bond donors (Lipinski definition) is 2. The number of aliphatic hydroxyl groups excluding tert-OH is 1. The number of rotatable bonds is 5. The van der Waals surface area contributed by atoms with Crippen molar-refractivity contribution in [3.63, 3.8) is 0 Å². The van der Waals surface area contributed by atoms with Crippen LogP contribution in [-0.4, -0.2) is 36.7 Å². The summed E-state index contributed by atoms with van der Waals surface area (Å²) in [5.41, 5.74) is 2.87. The zero-order valence-electron chi connectivity index (χ0n) is 11.8. The lowest BCUT2D eigenvalue weighted by Gasteiger charge is -2.19. The Bertz CT molecular complexity index is 600. The molecule has 0 saturated heterocycles. The molecule has 0 bridgehead atoms. The summed E-state index contributed by atoms with van der Waals surface area (Å²) < 4.78 is 3.91. The lowest BCUT2D eigenvalue weighted by Crippen LogP contribution is -2.18. The molecule has 2 heterocycles. The molecule has 2 N–H and O–H groups in total. The highest BCUT2D eigenvalue weighted by atomic mass is 32.1. The van der Waals surface area contributed by atoms with Crippen LogP contribution in [0.1, 0.15) is 27.4 Å². The Balaban J connectivity index is 2.17. The molecule has 0 unspecified atom stereocenters. The summed E-state index contributed by atoms with van der Waals surface area (Å²) in [5, 5.41) is 23.5. The van der Waals surface area contributed by atoms with E-state index in [0.29, 0.717) is 24.3 Å². The van der Waals surface area contributed by atoms with Gasteiger partial charge >= 0.3 is 0 Å². The molecule has 0 aliphatic heterocycles. The van der Waals surface area contributed by atoms with Gasteiger partial charge in [0.1, 0.15) is 5.75 Å². The van der Waals surface area contributed by atoms with E-state index in [1.807, 2.05) is 14.0 Å². The van der Waals surface area contributed by atoms with E-state index in [-0.39, 0.29) is 12.4 Å². The first-order valence-electron chi connectivity index (χ1n) is 6.26. The summed E-state index contributed by atoms with van der Waals surface area (Å²) in [6, 6.07) is 0. The molecule has 108 valence electrons. The fraction of sp³-hybridized carbons (Fsp3) is 0.462. The number of aromatic hydroxyl groups is 1. The fourth-order valence-corrected chi connectivity index (χ4v) is 2.68. The number of nitrogens with zero attached hydrogens (tertiary/aromatic N) is 4. The largest absolute Gasteiger partial charge is 0.506 e. The highest BCUT2D eigenvalue weighted by Gasteiger charge is 2.15. The van der Waals surface area contributed by atoms with Crippen LogP contribution in [0, 0.1) is 13.8 Å². The Labute approximate surface area is 121 Å². The molecule has 0 radical (unpaired) electrons. The molecule has 0 aromatic carbocycles. The molecule has 0 spiro atoms. The minimum atomic E-state index is -0.134. The Morgan fingerprint density at radius 2 is 2.00 bits per heavy atom. The molecule has 2 aromatic rings. The first-order chi connectivity index (χ1) is 9.52. The van der Waals surface area contributed by atoms with Crippen LogP contribution in [0.3, 0.4) is 0 Å². The molecule has 0 amide bonds. The van der Waals surface area contributed by atoms with Crippen LogP contribution in [0.25, 0.3) is 0 Å². The highest BCUT2D eigenvalue weighted by molar-refractivity contribution is 7.05. The van der Waals surface area contributed by atoms with Crippen molar-refractivity contribution >= 4 is 11.5 Å². The fourth-order valence-electron chi connectivity index (χ4n) is 1.96. The van der Waals surface area contributed by atoms with Gasteiger partial charge in [0.2, 0.25) is 0 Å². The van der Waals surface area contributed by atoms with E-state index in [1.54, 1.807) is 13.1 Å². The predicted octanol–water partition coefficient (Wildman–Crippen LogP) is 1.38. The lowest BCUT2D eigenvalue weighted by atomic mass is 10.1. The SMILES string of the molecule is Cc1nnsc1CN(C)Cc1c(CO)cnc(C)c1O. The van der Waals surface area contributed by atoms with Gasteiger partial charge in [-0.25, -0.2) is 0 Å². The number of hydrogen-bond acceptors (Lipinski definition) is 7. The average Bonchev–Trinajstić information content (AvgIpc) is 2.81. The van der Waals surface area contributed by atoms with Gasteiger partial charge in [-0.1, -0.05) is 4.49 Å². The van der Waals surface area contributed by atoms with Crippen LogP contribution in [0.2, 0.25) is 0 Å². The van der Waals surface area contributed by atoms with E-state index >= 15 is 0 Å². The van der Waals surface area contributed by atoms with Crippen LogP contribution in [-0.2, 0) is 19.7 Å². The van der Waals surface area contributed by atoms with Crippen molar-refractivity contribution in [3.8, 4) is 5.75 Å². The van der Waals surface area contributed by atoms with E-state index in [2.05, 4.69) is 19.5 Å². The Kier molecular flexibility index (Phi) is 4.64. The van der Waals surface area contributed by atoms with Gasteiger partial charge in [0, 0.05) is 30.4 Å². The average molecular weight is 294 g/mol. The third-order valence-corrected chi connectivity index (χ3v) is 4.00. The van der Waals surface area contributed by atoms with Gasteiger partial charge in [-0.2, -0.15) is 0 Å². The maximum Gasteiger partial charge on any atom is 0.141 e. The topological polar surface area (TPSA) is 82.4 Å². The van der Waals surface area contributed by atoms with Crippen molar-refractivity contribution in [1.82, 2.24) is 19.5 Å². The van der Waals surface area contributed by atoms with Gasteiger partial charge < -0.3 is 10.2 Å². The molecule has 0 aliphatic carbocycles. The van der Waals surface area contributed by atoms with Crippen molar-refractivity contribution in [1.29, 1.82) is 0 Å². The summed E-state index contributed by atoms with van der Waals surface area (Å²) in [4.78, 5) is 7.21. The second-order valence-corrected chi connectivity index (χ2v) is 5.65. The van der Waals surface area contributed by atoms with Crippen molar-refractivity contribution in [2.75, 3.05) is 7.05 Å². The van der Waals surface area contributed by atoms with E-state index in [0.717, 1.165) is 16.1 Å². The van der Waals surface area contributed by atoms with Crippen molar-refractivity contribution in [2.24, 2.45) is 0 Å². The maximum atomic E-state index is 10.1. The molecule has 6 nitrogen and oxygen atoms in total. The number of pyridine rings is 1. The standard InChI is InChI=1S/C13H18N4O2S/c1-8-12(20-16-15-8)6-17(3)5-11-10(7-18)4-14-9(2)13(11)19/h4,18-19H,5-7H2,1-3H3. The summed E-state index contributed by atoms with van der Waals surface area (Å²) in [6.07, 6.45) is 1.61. The minimum Gasteiger partial charge on any atom is -0.506 e. The molecule has 0 fully saturated rings. The van der Waals surface area contributed by atoms with E-state index in [9.17, 15) is 10.2 Å². The van der Waals surface area contributed by atoms with Gasteiger partial charge in [-0.15, -0.1) is 5.10 Å². The predicted molar refractivity (Wildman–Crippen MR) is 76.4 cm³/mol. The summed E-state index contributed by atoms with van der Waals surface area (Å²) >= 11 is 1.38. The third-order valence-electron chi connectivity index (χ3n) is 3.19. The highest BCUT2D eigenvalue weighted by Crippen LogP contribution is 2.25. The minimum absolute atomic E-state index is 0.134. The van der Waals surface area contributed by atoms with Gasteiger partial charge in [-0.05, 0) is 32.4 Å². The van der Waals surface area contributed by atoms with Gasteiger partial charge in [-0.3, -0.25) is 9.88 Å². The third kappa shape index (κ3) is 3.12. The summed E-state index contributed by atoms with van der Waals surface area (Å²) in [6.45, 7) is 4.78. The molecule has 2 aromatic heterocycles. The molecular weight excluding hydrogens is 276 g/mol. The molecule has 2 rings (SSSR count). The zero-order chi connectivity index (χ0) is 14.7. The van der Waals surface area contributed by atoms with Crippen LogP contribution in [0.4, 0.5) is 0 Å². The smallest absolute Gasteiger partial charge is 0.141 e. The number of aromatic nitrogens is 3. The van der Waals surface area contributed by atoms with Crippen LogP contribution < -0.4 is 0 Å². The number of aliphatic hydroxyl groups is 1. The van der Waals surface area contributed by atoms with Crippen molar-refractivity contribution in [2.45, 2.75) is 33.5 Å². The van der Waals surface area contributed by atoms with Gasteiger partial charge in [0.25, 0.3) is 0 Å². The van der Waals surface area contributed by atoms with E-state index in [4.69, 9.17) is 0 Å². The molecule has 0 aliphatic rings. The lowest BCUT2D eigenvalue weighted by molar-refractivity contribution is 0.270. The van der Waals surface area contributed by atoms with Gasteiger partial charge in [0.15, 0.2) is 0 Å².